The molecule has 162 valence electrons. The summed E-state index contributed by atoms with van der Waals surface area (Å²) in [5, 5.41) is 9.08. The largest absolute Gasteiger partial charge is 0.360 e. The monoisotopic (exact) mass is 437 g/mol. The molecule has 3 rings (SSSR count). The van der Waals surface area contributed by atoms with Gasteiger partial charge in [0.05, 0.1) is 11.0 Å². The molecule has 0 aliphatic rings. The van der Waals surface area contributed by atoms with Crippen molar-refractivity contribution >= 4 is 29.4 Å². The number of hydrogen-bond donors (Lipinski definition) is 2. The summed E-state index contributed by atoms with van der Waals surface area (Å²) in [5.74, 6) is 0.854. The lowest BCUT2D eigenvalue weighted by atomic mass is 9.76. The first kappa shape index (κ1) is 22.6. The Hall–Kier alpha value is -3.06. The predicted octanol–water partition coefficient (Wildman–Crippen LogP) is 4.17. The summed E-state index contributed by atoms with van der Waals surface area (Å²) in [6.45, 7) is 6.10. The fourth-order valence-corrected chi connectivity index (χ4v) is 3.95. The van der Waals surface area contributed by atoms with E-state index in [0.717, 1.165) is 11.1 Å². The van der Waals surface area contributed by atoms with Gasteiger partial charge >= 0.3 is 0 Å². The first-order valence-corrected chi connectivity index (χ1v) is 11.2. The number of aryl methyl sites for hydroxylation is 1. The molecule has 6 nitrogen and oxygen atoms in total. The minimum Gasteiger partial charge on any atom is -0.360 e. The maximum absolute atomic E-state index is 12.6. The highest BCUT2D eigenvalue weighted by molar-refractivity contribution is 8.01. The van der Waals surface area contributed by atoms with Gasteiger partial charge in [-0.15, -0.1) is 11.8 Å². The number of hydrogen-bond acceptors (Lipinski definition) is 5. The molecule has 1 unspecified atom stereocenters. The number of benzene rings is 2. The number of rotatable bonds is 9. The number of aromatic nitrogens is 1. The standard InChI is InChI=1S/C24H27N3O3S/c1-17-14-21(27-30-17)26-23(29)18(2)31-15-22(28)25-16-24(3,19-10-6-4-7-11-19)20-12-8-5-9-13-20/h4-14,18H,15-16H2,1-3H3,(H,25,28)(H,26,27,29). The summed E-state index contributed by atoms with van der Waals surface area (Å²) in [6.07, 6.45) is 0. The van der Waals surface area contributed by atoms with Gasteiger partial charge in [0.15, 0.2) is 5.82 Å². The zero-order valence-electron chi connectivity index (χ0n) is 17.9. The fraction of sp³-hybridized carbons (Fsp3) is 0.292. The third kappa shape index (κ3) is 5.98. The van der Waals surface area contributed by atoms with Crippen LogP contribution in [0.2, 0.25) is 0 Å². The molecule has 0 aliphatic carbocycles. The van der Waals surface area contributed by atoms with Gasteiger partial charge in [0, 0.05) is 18.0 Å². The van der Waals surface area contributed by atoms with E-state index in [9.17, 15) is 9.59 Å². The van der Waals surface area contributed by atoms with Gasteiger partial charge in [-0.05, 0) is 31.9 Å². The Morgan fingerprint density at radius 1 is 1.06 bits per heavy atom. The SMILES string of the molecule is Cc1cc(NC(=O)C(C)SCC(=O)NCC(C)(c2ccccc2)c2ccccc2)no1. The van der Waals surface area contributed by atoms with E-state index in [1.165, 1.54) is 11.8 Å². The molecule has 3 aromatic rings. The highest BCUT2D eigenvalue weighted by Crippen LogP contribution is 2.31. The number of carbonyl (C=O) groups is 2. The number of carbonyl (C=O) groups excluding carboxylic acids is 2. The van der Waals surface area contributed by atoms with E-state index in [2.05, 4.69) is 47.0 Å². The average molecular weight is 438 g/mol. The van der Waals surface area contributed by atoms with Gasteiger partial charge in [0.2, 0.25) is 11.8 Å². The van der Waals surface area contributed by atoms with Crippen LogP contribution in [-0.4, -0.2) is 34.5 Å². The fourth-order valence-electron chi connectivity index (χ4n) is 3.24. The second kappa shape index (κ2) is 10.3. The van der Waals surface area contributed by atoms with Crippen molar-refractivity contribution in [1.29, 1.82) is 0 Å². The third-order valence-electron chi connectivity index (χ3n) is 5.17. The number of amides is 2. The molecule has 0 fully saturated rings. The van der Waals surface area contributed by atoms with E-state index >= 15 is 0 Å². The van der Waals surface area contributed by atoms with E-state index in [-0.39, 0.29) is 23.0 Å². The zero-order valence-corrected chi connectivity index (χ0v) is 18.7. The number of anilines is 1. The zero-order chi connectivity index (χ0) is 22.3. The van der Waals surface area contributed by atoms with Crippen LogP contribution in [0.4, 0.5) is 5.82 Å². The first-order valence-electron chi connectivity index (χ1n) is 10.1. The summed E-state index contributed by atoms with van der Waals surface area (Å²) < 4.78 is 4.94. The Balaban J connectivity index is 1.57. The van der Waals surface area contributed by atoms with Crippen LogP contribution >= 0.6 is 11.8 Å². The summed E-state index contributed by atoms with van der Waals surface area (Å²) >= 11 is 1.28. The minimum absolute atomic E-state index is 0.111. The Bertz CT molecular complexity index is 966. The second-order valence-corrected chi connectivity index (χ2v) is 8.94. The van der Waals surface area contributed by atoms with Crippen LogP contribution in [0.15, 0.2) is 71.3 Å². The molecule has 1 atom stereocenters. The molecule has 2 aromatic carbocycles. The van der Waals surface area contributed by atoms with Crippen LogP contribution in [0.3, 0.4) is 0 Å². The van der Waals surface area contributed by atoms with Crippen molar-refractivity contribution in [2.75, 3.05) is 17.6 Å². The summed E-state index contributed by atoms with van der Waals surface area (Å²) in [4.78, 5) is 24.8. The van der Waals surface area contributed by atoms with Crippen molar-refractivity contribution in [3.63, 3.8) is 0 Å². The van der Waals surface area contributed by atoms with Crippen LogP contribution < -0.4 is 10.6 Å². The molecular formula is C24H27N3O3S. The lowest BCUT2D eigenvalue weighted by Crippen LogP contribution is -2.40. The Kier molecular flexibility index (Phi) is 7.52. The van der Waals surface area contributed by atoms with Crippen LogP contribution in [0.25, 0.3) is 0 Å². The highest BCUT2D eigenvalue weighted by atomic mass is 32.2. The summed E-state index contributed by atoms with van der Waals surface area (Å²) in [5.41, 5.74) is 1.89. The van der Waals surface area contributed by atoms with Crippen molar-refractivity contribution < 1.29 is 14.1 Å². The molecule has 2 N–H and O–H groups in total. The van der Waals surface area contributed by atoms with Gasteiger partial charge < -0.3 is 15.2 Å². The Morgan fingerprint density at radius 3 is 2.16 bits per heavy atom. The molecule has 0 bridgehead atoms. The van der Waals surface area contributed by atoms with E-state index in [1.54, 1.807) is 19.9 Å². The van der Waals surface area contributed by atoms with Gasteiger partial charge in [-0.25, -0.2) is 0 Å². The van der Waals surface area contributed by atoms with E-state index in [1.807, 2.05) is 36.4 Å². The molecule has 0 saturated carbocycles. The van der Waals surface area contributed by atoms with Crippen LogP contribution in [0, 0.1) is 6.92 Å². The number of thioether (sulfide) groups is 1. The molecule has 2 amide bonds. The molecule has 7 heteroatoms. The van der Waals surface area contributed by atoms with Crippen molar-refractivity contribution in [1.82, 2.24) is 10.5 Å². The normalized spacial score (nSPS) is 12.2. The van der Waals surface area contributed by atoms with E-state index in [0.29, 0.717) is 18.1 Å². The molecular weight excluding hydrogens is 410 g/mol. The first-order chi connectivity index (χ1) is 14.9. The lowest BCUT2D eigenvalue weighted by molar-refractivity contribution is -0.118. The van der Waals surface area contributed by atoms with Crippen molar-refractivity contribution in [3.05, 3.63) is 83.6 Å². The lowest BCUT2D eigenvalue weighted by Gasteiger charge is -2.31. The Morgan fingerprint density at radius 2 is 1.65 bits per heavy atom. The molecule has 31 heavy (non-hydrogen) atoms. The Labute approximate surface area is 186 Å². The maximum Gasteiger partial charge on any atom is 0.238 e. The molecule has 0 spiro atoms. The highest BCUT2D eigenvalue weighted by Gasteiger charge is 2.29. The van der Waals surface area contributed by atoms with Crippen LogP contribution in [0.5, 0.6) is 0 Å². The van der Waals surface area contributed by atoms with Gasteiger partial charge in [0.25, 0.3) is 0 Å². The topological polar surface area (TPSA) is 84.2 Å². The summed E-state index contributed by atoms with van der Waals surface area (Å²) in [7, 11) is 0. The van der Waals surface area contributed by atoms with E-state index < -0.39 is 5.25 Å². The van der Waals surface area contributed by atoms with Gasteiger partial charge in [-0.2, -0.15) is 0 Å². The molecule has 1 heterocycles. The second-order valence-electron chi connectivity index (χ2n) is 7.61. The van der Waals surface area contributed by atoms with Crippen LogP contribution in [0.1, 0.15) is 30.7 Å². The van der Waals surface area contributed by atoms with Crippen molar-refractivity contribution in [2.45, 2.75) is 31.4 Å². The number of nitrogens with zero attached hydrogens (tertiary/aromatic N) is 1. The number of nitrogens with one attached hydrogen (secondary N) is 2. The van der Waals surface area contributed by atoms with Crippen LogP contribution in [-0.2, 0) is 15.0 Å². The minimum atomic E-state index is -0.405. The predicted molar refractivity (Wildman–Crippen MR) is 124 cm³/mol. The molecule has 0 saturated heterocycles. The van der Waals surface area contributed by atoms with Gasteiger partial charge in [-0.3, -0.25) is 9.59 Å². The molecule has 1 aromatic heterocycles. The summed E-state index contributed by atoms with van der Waals surface area (Å²) in [6, 6.07) is 21.9. The van der Waals surface area contributed by atoms with Crippen molar-refractivity contribution in [2.24, 2.45) is 0 Å². The third-order valence-corrected chi connectivity index (χ3v) is 6.32. The van der Waals surface area contributed by atoms with Gasteiger partial charge in [-0.1, -0.05) is 65.8 Å². The van der Waals surface area contributed by atoms with E-state index in [4.69, 9.17) is 4.52 Å². The molecule has 0 aliphatic heterocycles. The van der Waals surface area contributed by atoms with Gasteiger partial charge in [0.1, 0.15) is 5.76 Å². The maximum atomic E-state index is 12.6. The van der Waals surface area contributed by atoms with Crippen molar-refractivity contribution in [3.8, 4) is 0 Å². The smallest absolute Gasteiger partial charge is 0.238 e. The molecule has 0 radical (unpaired) electrons. The average Bonchev–Trinajstić information content (AvgIpc) is 3.21. The quantitative estimate of drug-likeness (QED) is 0.525.